The van der Waals surface area contributed by atoms with Gasteiger partial charge in [-0.15, -0.1) is 0 Å². The van der Waals surface area contributed by atoms with Crippen LogP contribution in [0.5, 0.6) is 0 Å². The van der Waals surface area contributed by atoms with Gasteiger partial charge < -0.3 is 5.32 Å². The average molecular weight is 220 g/mol. The predicted octanol–water partition coefficient (Wildman–Crippen LogP) is 1.75. The molecule has 1 rings (SSSR count). The molecule has 0 aromatic rings. The molecule has 0 aromatic carbocycles. The van der Waals surface area contributed by atoms with Crippen LogP contribution in [0.4, 0.5) is 13.2 Å². The molecule has 6 heteroatoms. The third kappa shape index (κ3) is 2.41. The lowest BCUT2D eigenvalue weighted by Crippen LogP contribution is -2.47. The molecule has 1 aliphatic rings. The Morgan fingerprint density at radius 3 is 2.40 bits per heavy atom. The van der Waals surface area contributed by atoms with Gasteiger partial charge in [0.25, 0.3) is 0 Å². The highest BCUT2D eigenvalue weighted by Gasteiger charge is 2.52. The minimum absolute atomic E-state index is 0.225. The standard InChI is InChI=1S/C9H11F3N2O/c1-2-6(9(10,11)12)14-7(15)8(5-13)3-4-8/h6H,2-4H2,1H3,(H,14,15)/t6-/m0/s1. The Morgan fingerprint density at radius 1 is 1.60 bits per heavy atom. The van der Waals surface area contributed by atoms with Gasteiger partial charge in [0.2, 0.25) is 5.91 Å². The molecular formula is C9H11F3N2O. The normalized spacial score (nSPS) is 20.2. The van der Waals surface area contributed by atoms with Crippen LogP contribution in [0.2, 0.25) is 0 Å². The minimum Gasteiger partial charge on any atom is -0.343 e. The summed E-state index contributed by atoms with van der Waals surface area (Å²) in [6, 6.07) is -0.0974. The third-order valence-corrected chi connectivity index (χ3v) is 2.51. The Morgan fingerprint density at radius 2 is 2.13 bits per heavy atom. The summed E-state index contributed by atoms with van der Waals surface area (Å²) in [7, 11) is 0. The van der Waals surface area contributed by atoms with E-state index in [9.17, 15) is 18.0 Å². The fourth-order valence-electron chi connectivity index (χ4n) is 1.23. The van der Waals surface area contributed by atoms with Crippen molar-refractivity contribution < 1.29 is 18.0 Å². The second kappa shape index (κ2) is 3.72. The van der Waals surface area contributed by atoms with Gasteiger partial charge in [-0.3, -0.25) is 4.79 Å². The molecule has 0 heterocycles. The Balaban J connectivity index is 2.62. The Bertz CT molecular complexity index is 301. The van der Waals surface area contributed by atoms with Crippen LogP contribution < -0.4 is 5.32 Å². The summed E-state index contributed by atoms with van der Waals surface area (Å²) in [6.45, 7) is 1.34. The summed E-state index contributed by atoms with van der Waals surface area (Å²) in [6.07, 6.45) is -3.97. The van der Waals surface area contributed by atoms with Gasteiger partial charge in [-0.2, -0.15) is 18.4 Å². The molecule has 84 valence electrons. The zero-order valence-corrected chi connectivity index (χ0v) is 8.19. The molecule has 1 atom stereocenters. The van der Waals surface area contributed by atoms with E-state index < -0.39 is 23.5 Å². The van der Waals surface area contributed by atoms with Crippen LogP contribution in [0.25, 0.3) is 0 Å². The summed E-state index contributed by atoms with van der Waals surface area (Å²) in [5.74, 6) is -0.797. The van der Waals surface area contributed by atoms with Gasteiger partial charge in [0.05, 0.1) is 6.07 Å². The molecule has 0 aliphatic heterocycles. The molecule has 1 fully saturated rings. The summed E-state index contributed by atoms with van der Waals surface area (Å²) < 4.78 is 36.9. The molecular weight excluding hydrogens is 209 g/mol. The molecule has 0 aromatic heterocycles. The summed E-state index contributed by atoms with van der Waals surface area (Å²) in [5, 5.41) is 10.5. The van der Waals surface area contributed by atoms with Crippen molar-refractivity contribution >= 4 is 5.91 Å². The van der Waals surface area contributed by atoms with Gasteiger partial charge in [-0.05, 0) is 19.3 Å². The largest absolute Gasteiger partial charge is 0.408 e. The number of hydrogen-bond acceptors (Lipinski definition) is 2. The van der Waals surface area contributed by atoms with Crippen LogP contribution >= 0.6 is 0 Å². The van der Waals surface area contributed by atoms with E-state index >= 15 is 0 Å². The Kier molecular flexibility index (Phi) is 2.93. The summed E-state index contributed by atoms with van der Waals surface area (Å²) in [4.78, 5) is 11.3. The summed E-state index contributed by atoms with van der Waals surface area (Å²) in [5.41, 5.74) is -1.20. The van der Waals surface area contributed by atoms with Crippen molar-refractivity contribution in [3.63, 3.8) is 0 Å². The number of nitrogens with one attached hydrogen (secondary N) is 1. The molecule has 0 saturated heterocycles. The third-order valence-electron chi connectivity index (χ3n) is 2.51. The molecule has 0 radical (unpaired) electrons. The van der Waals surface area contributed by atoms with E-state index in [0.717, 1.165) is 0 Å². The maximum absolute atomic E-state index is 12.3. The van der Waals surface area contributed by atoms with Crippen LogP contribution in [0, 0.1) is 16.7 Å². The lowest BCUT2D eigenvalue weighted by molar-refractivity contribution is -0.163. The second-order valence-corrected chi connectivity index (χ2v) is 3.67. The molecule has 15 heavy (non-hydrogen) atoms. The summed E-state index contributed by atoms with van der Waals surface area (Å²) >= 11 is 0. The maximum atomic E-state index is 12.3. The van der Waals surface area contributed by atoms with E-state index in [0.29, 0.717) is 12.8 Å². The number of nitrogens with zero attached hydrogens (tertiary/aromatic N) is 1. The number of nitriles is 1. The number of rotatable bonds is 3. The molecule has 0 unspecified atom stereocenters. The van der Waals surface area contributed by atoms with Crippen LogP contribution in [0.15, 0.2) is 0 Å². The van der Waals surface area contributed by atoms with E-state index in [1.807, 2.05) is 5.32 Å². The smallest absolute Gasteiger partial charge is 0.343 e. The molecule has 1 N–H and O–H groups in total. The average Bonchev–Trinajstić information content (AvgIpc) is 2.92. The van der Waals surface area contributed by atoms with Crippen molar-refractivity contribution in [2.45, 2.75) is 38.4 Å². The number of carbonyl (C=O) groups is 1. The SMILES string of the molecule is CC[C@H](NC(=O)C1(C#N)CC1)C(F)(F)F. The molecule has 3 nitrogen and oxygen atoms in total. The van der Waals surface area contributed by atoms with Crippen molar-refractivity contribution in [2.75, 3.05) is 0 Å². The highest BCUT2D eigenvalue weighted by atomic mass is 19.4. The first-order valence-electron chi connectivity index (χ1n) is 4.64. The molecule has 0 spiro atoms. The monoisotopic (exact) mass is 220 g/mol. The molecule has 1 saturated carbocycles. The van der Waals surface area contributed by atoms with Crippen molar-refractivity contribution in [2.24, 2.45) is 5.41 Å². The van der Waals surface area contributed by atoms with E-state index in [2.05, 4.69) is 0 Å². The lowest BCUT2D eigenvalue weighted by Gasteiger charge is -2.21. The van der Waals surface area contributed by atoms with Gasteiger partial charge in [0.15, 0.2) is 0 Å². The first-order valence-corrected chi connectivity index (χ1v) is 4.64. The number of halogens is 3. The fraction of sp³-hybridized carbons (Fsp3) is 0.778. The zero-order valence-electron chi connectivity index (χ0n) is 8.19. The Labute approximate surface area is 85.3 Å². The first-order chi connectivity index (χ1) is 6.85. The van der Waals surface area contributed by atoms with Gasteiger partial charge in [0.1, 0.15) is 11.5 Å². The quantitative estimate of drug-likeness (QED) is 0.787. The van der Waals surface area contributed by atoms with Gasteiger partial charge >= 0.3 is 6.18 Å². The Hall–Kier alpha value is -1.25. The van der Waals surface area contributed by atoms with Crippen LogP contribution in [-0.2, 0) is 4.79 Å². The van der Waals surface area contributed by atoms with Crippen molar-refractivity contribution in [1.82, 2.24) is 5.32 Å². The highest BCUT2D eigenvalue weighted by Crippen LogP contribution is 2.45. The van der Waals surface area contributed by atoms with E-state index in [-0.39, 0.29) is 6.42 Å². The lowest BCUT2D eigenvalue weighted by atomic mass is 10.1. The second-order valence-electron chi connectivity index (χ2n) is 3.67. The van der Waals surface area contributed by atoms with Crippen molar-refractivity contribution in [3.05, 3.63) is 0 Å². The number of amides is 1. The van der Waals surface area contributed by atoms with E-state index in [1.165, 1.54) is 6.92 Å². The number of alkyl halides is 3. The van der Waals surface area contributed by atoms with Gasteiger partial charge in [-0.1, -0.05) is 6.92 Å². The van der Waals surface area contributed by atoms with Gasteiger partial charge in [0, 0.05) is 0 Å². The van der Waals surface area contributed by atoms with Gasteiger partial charge in [-0.25, -0.2) is 0 Å². The zero-order chi connectivity index (χ0) is 11.7. The number of hydrogen-bond donors (Lipinski definition) is 1. The highest BCUT2D eigenvalue weighted by molar-refractivity contribution is 5.88. The topological polar surface area (TPSA) is 52.9 Å². The maximum Gasteiger partial charge on any atom is 0.408 e. The van der Waals surface area contributed by atoms with Crippen molar-refractivity contribution in [3.8, 4) is 6.07 Å². The molecule has 1 amide bonds. The van der Waals surface area contributed by atoms with Crippen LogP contribution in [0.3, 0.4) is 0 Å². The fourth-order valence-corrected chi connectivity index (χ4v) is 1.23. The minimum atomic E-state index is -4.45. The van der Waals surface area contributed by atoms with E-state index in [4.69, 9.17) is 5.26 Å². The van der Waals surface area contributed by atoms with Crippen LogP contribution in [-0.4, -0.2) is 18.1 Å². The predicted molar refractivity (Wildman–Crippen MR) is 45.6 cm³/mol. The van der Waals surface area contributed by atoms with E-state index in [1.54, 1.807) is 6.07 Å². The van der Waals surface area contributed by atoms with Crippen molar-refractivity contribution in [1.29, 1.82) is 5.26 Å². The van der Waals surface area contributed by atoms with Crippen LogP contribution in [0.1, 0.15) is 26.2 Å². The molecule has 0 bridgehead atoms. The molecule has 1 aliphatic carbocycles. The first kappa shape index (κ1) is 11.8. The number of carbonyl (C=O) groups excluding carboxylic acids is 1.